The van der Waals surface area contributed by atoms with Gasteiger partial charge < -0.3 is 10.4 Å². The summed E-state index contributed by atoms with van der Waals surface area (Å²) in [6.07, 6.45) is -4.92. The maximum absolute atomic E-state index is 12.5. The first-order valence-electron chi connectivity index (χ1n) is 5.72. The molecule has 2 nitrogen and oxygen atoms in total. The van der Waals surface area contributed by atoms with Gasteiger partial charge in [-0.3, -0.25) is 0 Å². The molecule has 1 unspecified atom stereocenters. The Balaban J connectivity index is 2.75. The van der Waals surface area contributed by atoms with Gasteiger partial charge in [-0.1, -0.05) is 18.2 Å². The van der Waals surface area contributed by atoms with Crippen LogP contribution in [0, 0.1) is 0 Å². The fourth-order valence-corrected chi connectivity index (χ4v) is 1.34. The molecule has 0 saturated carbocycles. The van der Waals surface area contributed by atoms with Gasteiger partial charge in [0.1, 0.15) is 0 Å². The van der Waals surface area contributed by atoms with E-state index in [1.807, 2.05) is 0 Å². The van der Waals surface area contributed by atoms with Gasteiger partial charge in [-0.15, -0.1) is 0 Å². The largest absolute Gasteiger partial charge is 0.416 e. The van der Waals surface area contributed by atoms with Crippen LogP contribution in [0.3, 0.4) is 0 Å². The molecule has 2 N–H and O–H groups in total. The zero-order valence-electron chi connectivity index (χ0n) is 10.7. The van der Waals surface area contributed by atoms with Crippen LogP contribution in [0.1, 0.15) is 31.9 Å². The first kappa shape index (κ1) is 15.0. The van der Waals surface area contributed by atoms with E-state index in [-0.39, 0.29) is 6.54 Å². The second kappa shape index (κ2) is 5.28. The molecule has 0 aliphatic heterocycles. The fraction of sp³-hybridized carbons (Fsp3) is 0.538. The first-order valence-corrected chi connectivity index (χ1v) is 5.72. The van der Waals surface area contributed by atoms with Crippen LogP contribution in [0.5, 0.6) is 0 Å². The number of nitrogens with one attached hydrogen (secondary N) is 1. The molecule has 1 rings (SSSR count). The minimum atomic E-state index is -4.32. The highest BCUT2D eigenvalue weighted by Gasteiger charge is 2.30. The molecule has 0 saturated heterocycles. The predicted octanol–water partition coefficient (Wildman–Crippen LogP) is 2.95. The predicted molar refractivity (Wildman–Crippen MR) is 64.0 cm³/mol. The third-order valence-corrected chi connectivity index (χ3v) is 3.05. The topological polar surface area (TPSA) is 32.3 Å². The smallest absolute Gasteiger partial charge is 0.392 e. The van der Waals surface area contributed by atoms with Crippen LogP contribution >= 0.6 is 0 Å². The number of aliphatic hydroxyl groups excluding tert-OH is 1. The van der Waals surface area contributed by atoms with Crippen LogP contribution in [-0.4, -0.2) is 16.7 Å². The Morgan fingerprint density at radius 3 is 2.39 bits per heavy atom. The van der Waals surface area contributed by atoms with Gasteiger partial charge >= 0.3 is 6.18 Å². The first-order chi connectivity index (χ1) is 8.13. The molecular formula is C13H18F3NO. The number of rotatable bonds is 4. The lowest BCUT2D eigenvalue weighted by Crippen LogP contribution is -2.47. The number of hydrogen-bond donors (Lipinski definition) is 2. The molecule has 5 heteroatoms. The van der Waals surface area contributed by atoms with Crippen LogP contribution < -0.4 is 5.32 Å². The van der Waals surface area contributed by atoms with E-state index in [0.717, 1.165) is 12.1 Å². The Labute approximate surface area is 105 Å². The molecule has 0 aliphatic rings. The van der Waals surface area contributed by atoms with Crippen LogP contribution in [0.15, 0.2) is 24.3 Å². The lowest BCUT2D eigenvalue weighted by Gasteiger charge is -2.29. The van der Waals surface area contributed by atoms with Gasteiger partial charge in [0.2, 0.25) is 0 Å². The number of benzene rings is 1. The molecule has 0 radical (unpaired) electrons. The lowest BCUT2D eigenvalue weighted by molar-refractivity contribution is -0.137. The monoisotopic (exact) mass is 261 g/mol. The molecule has 0 bridgehead atoms. The fourth-order valence-electron chi connectivity index (χ4n) is 1.34. The van der Waals surface area contributed by atoms with Gasteiger partial charge in [-0.2, -0.15) is 13.2 Å². The highest BCUT2D eigenvalue weighted by atomic mass is 19.4. The zero-order valence-corrected chi connectivity index (χ0v) is 10.7. The van der Waals surface area contributed by atoms with Crippen molar-refractivity contribution in [3.05, 3.63) is 35.4 Å². The summed E-state index contributed by atoms with van der Waals surface area (Å²) < 4.78 is 37.5. The summed E-state index contributed by atoms with van der Waals surface area (Å²) in [7, 11) is 0. The molecule has 1 atom stereocenters. The van der Waals surface area contributed by atoms with Gasteiger partial charge in [-0.25, -0.2) is 0 Å². The zero-order chi connectivity index (χ0) is 14.0. The van der Waals surface area contributed by atoms with Crippen LogP contribution in [0.2, 0.25) is 0 Å². The standard InChI is InChI=1S/C13H18F3NO/c1-9(18)12(2,3)17-8-10-5-4-6-11(7-10)13(14,15)16/h4-7,9,17-18H,8H2,1-3H3. The lowest BCUT2D eigenvalue weighted by atomic mass is 9.98. The van der Waals surface area contributed by atoms with Gasteiger partial charge in [-0.05, 0) is 32.4 Å². The number of hydrogen-bond acceptors (Lipinski definition) is 2. The minimum absolute atomic E-state index is 0.280. The SMILES string of the molecule is CC(O)C(C)(C)NCc1cccc(C(F)(F)F)c1. The molecule has 0 aromatic heterocycles. The summed E-state index contributed by atoms with van der Waals surface area (Å²) in [5.74, 6) is 0. The van der Waals surface area contributed by atoms with Crippen LogP contribution in [0.25, 0.3) is 0 Å². The summed E-state index contributed by atoms with van der Waals surface area (Å²) in [6.45, 7) is 5.51. The van der Waals surface area contributed by atoms with Gasteiger partial charge in [0, 0.05) is 12.1 Å². The molecule has 1 aromatic carbocycles. The van der Waals surface area contributed by atoms with E-state index >= 15 is 0 Å². The Morgan fingerprint density at radius 1 is 1.28 bits per heavy atom. The van der Waals surface area contributed by atoms with Crippen molar-refractivity contribution in [3.63, 3.8) is 0 Å². The van der Waals surface area contributed by atoms with E-state index in [1.54, 1.807) is 26.8 Å². The molecular weight excluding hydrogens is 243 g/mol. The van der Waals surface area contributed by atoms with Crippen molar-refractivity contribution in [1.29, 1.82) is 0 Å². The van der Waals surface area contributed by atoms with Crippen molar-refractivity contribution in [2.75, 3.05) is 0 Å². The van der Waals surface area contributed by atoms with E-state index in [2.05, 4.69) is 5.32 Å². The molecule has 0 heterocycles. The molecule has 0 amide bonds. The second-order valence-electron chi connectivity index (χ2n) is 4.95. The minimum Gasteiger partial charge on any atom is -0.392 e. The normalized spacial score (nSPS) is 14.6. The summed E-state index contributed by atoms with van der Waals surface area (Å²) >= 11 is 0. The molecule has 0 spiro atoms. The highest BCUT2D eigenvalue weighted by molar-refractivity contribution is 5.25. The Morgan fingerprint density at radius 2 is 1.89 bits per heavy atom. The van der Waals surface area contributed by atoms with Crippen molar-refractivity contribution in [1.82, 2.24) is 5.32 Å². The molecule has 0 aliphatic carbocycles. The molecule has 18 heavy (non-hydrogen) atoms. The number of halogens is 3. The molecule has 102 valence electrons. The van der Waals surface area contributed by atoms with Crippen molar-refractivity contribution in [2.24, 2.45) is 0 Å². The summed E-state index contributed by atoms with van der Waals surface area (Å²) in [4.78, 5) is 0. The van der Waals surface area contributed by atoms with Crippen LogP contribution in [0.4, 0.5) is 13.2 Å². The average molecular weight is 261 g/mol. The second-order valence-corrected chi connectivity index (χ2v) is 4.95. The molecule has 1 aromatic rings. The molecule has 0 fully saturated rings. The third-order valence-electron chi connectivity index (χ3n) is 3.05. The van der Waals surface area contributed by atoms with Crippen molar-refractivity contribution in [2.45, 2.75) is 45.1 Å². The maximum atomic E-state index is 12.5. The third kappa shape index (κ3) is 3.99. The van der Waals surface area contributed by atoms with E-state index in [0.29, 0.717) is 5.56 Å². The van der Waals surface area contributed by atoms with E-state index < -0.39 is 23.4 Å². The van der Waals surface area contributed by atoms with E-state index in [1.165, 1.54) is 6.07 Å². The Hall–Kier alpha value is -1.07. The van der Waals surface area contributed by atoms with Crippen LogP contribution in [-0.2, 0) is 12.7 Å². The quantitative estimate of drug-likeness (QED) is 0.873. The maximum Gasteiger partial charge on any atom is 0.416 e. The Bertz CT molecular complexity index is 399. The highest BCUT2D eigenvalue weighted by Crippen LogP contribution is 2.29. The number of alkyl halides is 3. The summed E-state index contributed by atoms with van der Waals surface area (Å²) in [6, 6.07) is 5.17. The van der Waals surface area contributed by atoms with Crippen molar-refractivity contribution in [3.8, 4) is 0 Å². The van der Waals surface area contributed by atoms with Gasteiger partial charge in [0.05, 0.1) is 11.7 Å². The van der Waals surface area contributed by atoms with Gasteiger partial charge in [0.25, 0.3) is 0 Å². The van der Waals surface area contributed by atoms with E-state index in [4.69, 9.17) is 0 Å². The van der Waals surface area contributed by atoms with Crippen molar-refractivity contribution < 1.29 is 18.3 Å². The number of aliphatic hydroxyl groups is 1. The van der Waals surface area contributed by atoms with Gasteiger partial charge in [0.15, 0.2) is 0 Å². The van der Waals surface area contributed by atoms with E-state index in [9.17, 15) is 18.3 Å². The average Bonchev–Trinajstić information content (AvgIpc) is 2.25. The van der Waals surface area contributed by atoms with Crippen molar-refractivity contribution >= 4 is 0 Å². The Kier molecular flexibility index (Phi) is 4.40. The summed E-state index contributed by atoms with van der Waals surface area (Å²) in [5, 5.41) is 12.5. The summed E-state index contributed by atoms with van der Waals surface area (Å²) in [5.41, 5.74) is -0.663.